The van der Waals surface area contributed by atoms with Gasteiger partial charge in [0.1, 0.15) is 0 Å². The van der Waals surface area contributed by atoms with Crippen molar-refractivity contribution in [2.45, 2.75) is 26.8 Å². The predicted octanol–water partition coefficient (Wildman–Crippen LogP) is 2.41. The van der Waals surface area contributed by atoms with Crippen LogP contribution in [0.1, 0.15) is 25.1 Å². The van der Waals surface area contributed by atoms with Crippen molar-refractivity contribution >= 4 is 17.2 Å². The maximum absolute atomic E-state index is 11.2. The maximum atomic E-state index is 11.2. The molecule has 0 unspecified atom stereocenters. The molecule has 0 aliphatic carbocycles. The van der Waals surface area contributed by atoms with E-state index in [1.54, 1.807) is 11.3 Å². The van der Waals surface area contributed by atoms with Crippen LogP contribution < -0.4 is 5.32 Å². The number of rotatable bonds is 4. The van der Waals surface area contributed by atoms with Crippen LogP contribution in [-0.4, -0.2) is 5.91 Å². The predicted molar refractivity (Wildman–Crippen MR) is 55.6 cm³/mol. The van der Waals surface area contributed by atoms with E-state index in [0.717, 1.165) is 0 Å². The third-order valence-corrected chi connectivity index (χ3v) is 2.51. The fourth-order valence-corrected chi connectivity index (χ4v) is 1.69. The molecule has 1 N–H and O–H groups in total. The Morgan fingerprint density at radius 2 is 2.38 bits per heavy atom. The second kappa shape index (κ2) is 5.02. The Bertz CT molecular complexity index is 254. The third-order valence-electron chi connectivity index (χ3n) is 1.63. The van der Waals surface area contributed by atoms with Crippen molar-refractivity contribution < 1.29 is 4.79 Å². The van der Waals surface area contributed by atoms with E-state index in [9.17, 15) is 4.79 Å². The minimum Gasteiger partial charge on any atom is -0.351 e. The van der Waals surface area contributed by atoms with E-state index >= 15 is 0 Å². The fourth-order valence-electron chi connectivity index (χ4n) is 1.04. The van der Waals surface area contributed by atoms with Gasteiger partial charge < -0.3 is 5.32 Å². The summed E-state index contributed by atoms with van der Waals surface area (Å²) >= 11 is 1.67. The summed E-state index contributed by atoms with van der Waals surface area (Å²) in [7, 11) is 0. The molecule has 1 aromatic heterocycles. The Labute approximate surface area is 83.0 Å². The van der Waals surface area contributed by atoms with Crippen LogP contribution in [0.5, 0.6) is 0 Å². The summed E-state index contributed by atoms with van der Waals surface area (Å²) < 4.78 is 0. The number of thiophene rings is 1. The summed E-state index contributed by atoms with van der Waals surface area (Å²) in [6.45, 7) is 4.76. The fraction of sp³-hybridized carbons (Fsp3) is 0.500. The lowest BCUT2D eigenvalue weighted by atomic mass is 10.1. The first kappa shape index (κ1) is 10.3. The van der Waals surface area contributed by atoms with E-state index in [1.807, 2.05) is 31.4 Å². The highest BCUT2D eigenvalue weighted by molar-refractivity contribution is 7.09. The number of carbonyl (C=O) groups excluding carboxylic acids is 1. The Morgan fingerprint density at radius 3 is 2.92 bits per heavy atom. The number of carbonyl (C=O) groups is 1. The van der Waals surface area contributed by atoms with Crippen LogP contribution in [0.2, 0.25) is 0 Å². The maximum Gasteiger partial charge on any atom is 0.220 e. The highest BCUT2D eigenvalue weighted by Gasteiger charge is 2.03. The Kier molecular flexibility index (Phi) is 3.96. The number of hydrogen-bond acceptors (Lipinski definition) is 2. The zero-order valence-electron chi connectivity index (χ0n) is 8.04. The first-order valence-electron chi connectivity index (χ1n) is 4.47. The molecule has 1 amide bonds. The summed E-state index contributed by atoms with van der Waals surface area (Å²) in [5.74, 6) is 0.576. The molecule has 0 atom stereocenters. The van der Waals surface area contributed by atoms with Gasteiger partial charge in [0.25, 0.3) is 0 Å². The van der Waals surface area contributed by atoms with E-state index < -0.39 is 0 Å². The molecular weight excluding hydrogens is 182 g/mol. The molecule has 1 rings (SSSR count). The Hall–Kier alpha value is -0.830. The number of amides is 1. The van der Waals surface area contributed by atoms with Crippen molar-refractivity contribution in [3.05, 3.63) is 22.4 Å². The van der Waals surface area contributed by atoms with Gasteiger partial charge in [-0.3, -0.25) is 4.79 Å². The van der Waals surface area contributed by atoms with Crippen LogP contribution in [-0.2, 0) is 11.3 Å². The molecule has 13 heavy (non-hydrogen) atoms. The van der Waals surface area contributed by atoms with Crippen LogP contribution >= 0.6 is 11.3 Å². The lowest BCUT2D eigenvalue weighted by Crippen LogP contribution is -2.23. The molecule has 1 aromatic rings. The lowest BCUT2D eigenvalue weighted by molar-refractivity contribution is -0.121. The average molecular weight is 197 g/mol. The molecule has 0 spiro atoms. The number of hydrogen-bond donors (Lipinski definition) is 1. The molecule has 0 fully saturated rings. The van der Waals surface area contributed by atoms with Crippen molar-refractivity contribution in [2.75, 3.05) is 0 Å². The molecule has 0 bridgehead atoms. The van der Waals surface area contributed by atoms with Gasteiger partial charge in [-0.1, -0.05) is 19.9 Å². The molecular formula is C10H15NOS. The normalized spacial score (nSPS) is 10.4. The second-order valence-corrected chi connectivity index (χ2v) is 4.49. The van der Waals surface area contributed by atoms with E-state index in [2.05, 4.69) is 5.32 Å². The van der Waals surface area contributed by atoms with E-state index in [4.69, 9.17) is 0 Å². The van der Waals surface area contributed by atoms with Crippen LogP contribution in [0, 0.1) is 5.92 Å². The molecule has 0 saturated heterocycles. The van der Waals surface area contributed by atoms with Crippen molar-refractivity contribution in [3.63, 3.8) is 0 Å². The van der Waals surface area contributed by atoms with E-state index in [0.29, 0.717) is 18.9 Å². The number of nitrogens with one attached hydrogen (secondary N) is 1. The molecule has 72 valence electrons. The molecule has 0 aliphatic heterocycles. The summed E-state index contributed by atoms with van der Waals surface area (Å²) in [6, 6.07) is 4.02. The van der Waals surface area contributed by atoms with Gasteiger partial charge in [-0.15, -0.1) is 11.3 Å². The molecule has 2 nitrogen and oxygen atoms in total. The third kappa shape index (κ3) is 4.08. The van der Waals surface area contributed by atoms with Gasteiger partial charge in [0, 0.05) is 11.3 Å². The molecule has 1 heterocycles. The van der Waals surface area contributed by atoms with E-state index in [-0.39, 0.29) is 5.91 Å². The largest absolute Gasteiger partial charge is 0.351 e. The summed E-state index contributed by atoms with van der Waals surface area (Å²) in [5, 5.41) is 4.91. The highest BCUT2D eigenvalue weighted by Crippen LogP contribution is 2.07. The Balaban J connectivity index is 2.23. The summed E-state index contributed by atoms with van der Waals surface area (Å²) in [5.41, 5.74) is 0. The SMILES string of the molecule is CC(C)CC(=O)NCc1cccs1. The quantitative estimate of drug-likeness (QED) is 0.789. The van der Waals surface area contributed by atoms with Gasteiger partial charge in [0.15, 0.2) is 0 Å². The standard InChI is InChI=1S/C10H15NOS/c1-8(2)6-10(12)11-7-9-4-3-5-13-9/h3-5,8H,6-7H2,1-2H3,(H,11,12). The van der Waals surface area contributed by atoms with Gasteiger partial charge in [-0.05, 0) is 17.4 Å². The molecule has 3 heteroatoms. The smallest absolute Gasteiger partial charge is 0.220 e. The van der Waals surface area contributed by atoms with Crippen LogP contribution in [0.4, 0.5) is 0 Å². The average Bonchev–Trinajstić information content (AvgIpc) is 2.51. The molecule has 0 saturated carbocycles. The van der Waals surface area contributed by atoms with Crippen molar-refractivity contribution in [2.24, 2.45) is 5.92 Å². The minimum atomic E-state index is 0.142. The van der Waals surface area contributed by atoms with Crippen molar-refractivity contribution in [3.8, 4) is 0 Å². The zero-order valence-corrected chi connectivity index (χ0v) is 8.86. The second-order valence-electron chi connectivity index (χ2n) is 3.45. The van der Waals surface area contributed by atoms with Gasteiger partial charge in [0.05, 0.1) is 6.54 Å². The Morgan fingerprint density at radius 1 is 1.62 bits per heavy atom. The molecule has 0 radical (unpaired) electrons. The van der Waals surface area contributed by atoms with Gasteiger partial charge in [-0.25, -0.2) is 0 Å². The summed E-state index contributed by atoms with van der Waals surface area (Å²) in [6.07, 6.45) is 0.616. The monoisotopic (exact) mass is 197 g/mol. The lowest BCUT2D eigenvalue weighted by Gasteiger charge is -2.05. The zero-order chi connectivity index (χ0) is 9.68. The van der Waals surface area contributed by atoms with Crippen molar-refractivity contribution in [1.82, 2.24) is 5.32 Å². The molecule has 0 aromatic carbocycles. The van der Waals surface area contributed by atoms with Crippen molar-refractivity contribution in [1.29, 1.82) is 0 Å². The first-order valence-corrected chi connectivity index (χ1v) is 5.35. The van der Waals surface area contributed by atoms with Crippen LogP contribution in [0.3, 0.4) is 0 Å². The van der Waals surface area contributed by atoms with Gasteiger partial charge in [-0.2, -0.15) is 0 Å². The minimum absolute atomic E-state index is 0.142. The van der Waals surface area contributed by atoms with Crippen LogP contribution in [0.25, 0.3) is 0 Å². The van der Waals surface area contributed by atoms with Gasteiger partial charge in [0.2, 0.25) is 5.91 Å². The molecule has 0 aliphatic rings. The van der Waals surface area contributed by atoms with Gasteiger partial charge >= 0.3 is 0 Å². The van der Waals surface area contributed by atoms with Crippen LogP contribution in [0.15, 0.2) is 17.5 Å². The highest BCUT2D eigenvalue weighted by atomic mass is 32.1. The summed E-state index contributed by atoms with van der Waals surface area (Å²) in [4.78, 5) is 12.4. The topological polar surface area (TPSA) is 29.1 Å². The first-order chi connectivity index (χ1) is 6.18. The van der Waals surface area contributed by atoms with E-state index in [1.165, 1.54) is 4.88 Å².